The van der Waals surface area contributed by atoms with Crippen LogP contribution in [0.3, 0.4) is 0 Å². The molecule has 0 aliphatic carbocycles. The summed E-state index contributed by atoms with van der Waals surface area (Å²) < 4.78 is 22.2. The fourth-order valence-corrected chi connectivity index (χ4v) is 7.51. The van der Waals surface area contributed by atoms with E-state index < -0.39 is 24.3 Å². The number of aromatic nitrogens is 2. The van der Waals surface area contributed by atoms with Crippen LogP contribution < -0.4 is 36.1 Å². The molecule has 3 atom stereocenters. The van der Waals surface area contributed by atoms with Crippen LogP contribution in [0.15, 0.2) is 48.8 Å². The van der Waals surface area contributed by atoms with Crippen LogP contribution in [-0.2, 0) is 19.1 Å². The minimum Gasteiger partial charge on any atom is -0.488 e. The van der Waals surface area contributed by atoms with E-state index in [0.717, 1.165) is 69.1 Å². The quantitative estimate of drug-likeness (QED) is 0.126. The Morgan fingerprint density at radius 1 is 0.879 bits per heavy atom. The third-order valence-corrected chi connectivity index (χ3v) is 10.6. The van der Waals surface area contributed by atoms with Gasteiger partial charge in [0.2, 0.25) is 11.8 Å². The number of aromatic amines is 1. The number of carbonyl (C=O) groups is 4. The van der Waals surface area contributed by atoms with Gasteiger partial charge in [-0.25, -0.2) is 14.6 Å². The molecule has 0 radical (unpaired) electrons. The number of imidazole rings is 1. The number of nitrogens with zero attached hydrogens (tertiary/aromatic N) is 2. The highest BCUT2D eigenvalue weighted by atomic mass is 16.5. The number of carbonyl (C=O) groups excluding carboxylic acids is 4. The SMILES string of the molecule is CN/C=C(\NCCNC(=O)[C@@H](NC(=O)OC)C(C)C)c1ccc2c(c1)OCC1=C2COc2cc(-c3cnc([C@@H]4CCCN4C(=O)[C@@H](NC(=O)OC)C(C)C)[nH]3)ccc21. The van der Waals surface area contributed by atoms with E-state index in [0.29, 0.717) is 38.7 Å². The van der Waals surface area contributed by atoms with Gasteiger partial charge in [0.25, 0.3) is 0 Å². The lowest BCUT2D eigenvalue weighted by Gasteiger charge is -2.30. The first-order chi connectivity index (χ1) is 27.9. The van der Waals surface area contributed by atoms with Gasteiger partial charge in [0.05, 0.1) is 37.8 Å². The second kappa shape index (κ2) is 18.4. The molecule has 0 saturated carbocycles. The van der Waals surface area contributed by atoms with Crippen LogP contribution in [0.1, 0.15) is 69.1 Å². The number of likely N-dealkylation sites (tertiary alicyclic amines) is 1. The van der Waals surface area contributed by atoms with Crippen molar-refractivity contribution in [3.05, 3.63) is 71.3 Å². The first-order valence-corrected chi connectivity index (χ1v) is 19.6. The van der Waals surface area contributed by atoms with E-state index >= 15 is 0 Å². The third kappa shape index (κ3) is 9.00. The number of alkyl carbamates (subject to hydrolysis) is 2. The molecule has 4 heterocycles. The van der Waals surface area contributed by atoms with Crippen molar-refractivity contribution in [3.8, 4) is 22.8 Å². The Bertz CT molecular complexity index is 2070. The van der Waals surface area contributed by atoms with E-state index in [4.69, 9.17) is 19.2 Å². The number of rotatable bonds is 14. The Kier molecular flexibility index (Phi) is 13.1. The Hall–Kier alpha value is -6.19. The molecule has 3 aliphatic heterocycles. The molecule has 0 spiro atoms. The summed E-state index contributed by atoms with van der Waals surface area (Å²) in [5, 5.41) is 14.6. The Morgan fingerprint density at radius 3 is 2.14 bits per heavy atom. The highest BCUT2D eigenvalue weighted by Crippen LogP contribution is 2.45. The highest BCUT2D eigenvalue weighted by molar-refractivity contribution is 5.98. The minimum absolute atomic E-state index is 0.118. The van der Waals surface area contributed by atoms with Crippen molar-refractivity contribution in [2.45, 2.75) is 58.7 Å². The van der Waals surface area contributed by atoms with Crippen LogP contribution >= 0.6 is 0 Å². The standard InChI is InChI=1S/C42H54N8O8/c1-23(2)36(48-41(53)55-6)39(51)45-15-14-44-31(19-43-5)25-10-12-27-29-22-58-35-18-26(11-13-28(35)30(29)21-57-34(27)17-25)32-20-46-38(47-32)33-9-8-16-50(33)40(52)37(24(3)4)49-42(54)56-7/h10-13,17-20,23-24,33,36-37,43-44H,8-9,14-16,21-22H2,1-7H3,(H,45,51)(H,46,47)(H,48,53)(H,49,54)/b31-19-/t33-,36-,37-/m0/s1. The van der Waals surface area contributed by atoms with E-state index in [9.17, 15) is 19.2 Å². The summed E-state index contributed by atoms with van der Waals surface area (Å²) in [4.78, 5) is 60.0. The molecule has 6 N–H and O–H groups in total. The average molecular weight is 799 g/mol. The molecule has 0 bridgehead atoms. The number of amides is 4. The van der Waals surface area contributed by atoms with Gasteiger partial charge in [-0.05, 0) is 36.8 Å². The highest BCUT2D eigenvalue weighted by Gasteiger charge is 2.38. The van der Waals surface area contributed by atoms with Crippen molar-refractivity contribution in [1.29, 1.82) is 0 Å². The fraction of sp³-hybridized carbons (Fsp3) is 0.452. The molecular formula is C42H54N8O8. The zero-order valence-electron chi connectivity index (χ0n) is 34.1. The number of benzene rings is 2. The van der Waals surface area contributed by atoms with Gasteiger partial charge >= 0.3 is 12.2 Å². The third-order valence-electron chi connectivity index (χ3n) is 10.6. The molecule has 0 unspecified atom stereocenters. The average Bonchev–Trinajstić information content (AvgIpc) is 3.92. The first-order valence-electron chi connectivity index (χ1n) is 19.6. The van der Waals surface area contributed by atoms with Crippen LogP contribution in [0.5, 0.6) is 11.5 Å². The van der Waals surface area contributed by atoms with E-state index in [1.807, 2.05) is 77.3 Å². The monoisotopic (exact) mass is 798 g/mol. The van der Waals surface area contributed by atoms with Gasteiger partial charge in [-0.15, -0.1) is 0 Å². The number of hydrogen-bond acceptors (Lipinski definition) is 11. The van der Waals surface area contributed by atoms with Gasteiger partial charge in [-0.3, -0.25) is 9.59 Å². The molecule has 1 aromatic heterocycles. The zero-order chi connectivity index (χ0) is 41.5. The second-order valence-corrected chi connectivity index (χ2v) is 15.1. The van der Waals surface area contributed by atoms with Gasteiger partial charge in [-0.1, -0.05) is 52.0 Å². The first kappa shape index (κ1) is 41.4. The van der Waals surface area contributed by atoms with E-state index in [1.165, 1.54) is 14.2 Å². The largest absolute Gasteiger partial charge is 0.488 e. The van der Waals surface area contributed by atoms with Crippen molar-refractivity contribution >= 4 is 40.8 Å². The molecule has 1 fully saturated rings. The fourth-order valence-electron chi connectivity index (χ4n) is 7.51. The van der Waals surface area contributed by atoms with E-state index in [-0.39, 0.29) is 29.7 Å². The summed E-state index contributed by atoms with van der Waals surface area (Å²) in [7, 11) is 4.36. The zero-order valence-corrected chi connectivity index (χ0v) is 34.1. The Morgan fingerprint density at radius 2 is 1.50 bits per heavy atom. The molecule has 310 valence electrons. The molecule has 6 rings (SSSR count). The maximum absolute atomic E-state index is 13.6. The Labute approximate surface area is 338 Å². The predicted octanol–water partition coefficient (Wildman–Crippen LogP) is 4.42. The van der Waals surface area contributed by atoms with Crippen molar-refractivity contribution in [1.82, 2.24) is 41.5 Å². The molecule has 3 aliphatic rings. The molecule has 4 amide bonds. The number of ether oxygens (including phenoxy) is 4. The van der Waals surface area contributed by atoms with E-state index in [1.54, 1.807) is 11.1 Å². The predicted molar refractivity (Wildman–Crippen MR) is 218 cm³/mol. The summed E-state index contributed by atoms with van der Waals surface area (Å²) in [6.07, 6.45) is 3.94. The Balaban J connectivity index is 1.12. The molecule has 16 heteroatoms. The van der Waals surface area contributed by atoms with Crippen molar-refractivity contribution in [2.24, 2.45) is 11.8 Å². The normalized spacial score (nSPS) is 16.9. The lowest BCUT2D eigenvalue weighted by molar-refractivity contribution is -0.135. The molecule has 58 heavy (non-hydrogen) atoms. The number of methoxy groups -OCH3 is 2. The van der Waals surface area contributed by atoms with Crippen molar-refractivity contribution < 1.29 is 38.1 Å². The van der Waals surface area contributed by atoms with Crippen LogP contribution in [-0.4, -0.2) is 105 Å². The minimum atomic E-state index is -0.712. The summed E-state index contributed by atoms with van der Waals surface area (Å²) in [5.74, 6) is 1.51. The van der Waals surface area contributed by atoms with Gasteiger partial charge < -0.3 is 55.4 Å². The topological polar surface area (TPSA) is 197 Å². The van der Waals surface area contributed by atoms with Crippen molar-refractivity contribution in [3.63, 3.8) is 0 Å². The van der Waals surface area contributed by atoms with Crippen LogP contribution in [0.25, 0.3) is 28.1 Å². The summed E-state index contributed by atoms with van der Waals surface area (Å²) in [5.41, 5.74) is 7.50. The van der Waals surface area contributed by atoms with Gasteiger partial charge in [0.1, 0.15) is 42.6 Å². The van der Waals surface area contributed by atoms with Crippen LogP contribution in [0.2, 0.25) is 0 Å². The number of hydrogen-bond donors (Lipinski definition) is 6. The van der Waals surface area contributed by atoms with Gasteiger partial charge in [0.15, 0.2) is 0 Å². The number of H-pyrrole nitrogens is 1. The molecule has 3 aromatic rings. The molecular weight excluding hydrogens is 745 g/mol. The van der Waals surface area contributed by atoms with E-state index in [2.05, 4.69) is 36.3 Å². The van der Waals surface area contributed by atoms with Gasteiger partial charge in [0, 0.05) is 66.3 Å². The maximum atomic E-state index is 13.6. The van der Waals surface area contributed by atoms with Gasteiger partial charge in [-0.2, -0.15) is 0 Å². The van der Waals surface area contributed by atoms with Crippen LogP contribution in [0, 0.1) is 11.8 Å². The second-order valence-electron chi connectivity index (χ2n) is 15.1. The lowest BCUT2D eigenvalue weighted by Crippen LogP contribution is -2.51. The smallest absolute Gasteiger partial charge is 0.407 e. The van der Waals surface area contributed by atoms with Crippen LogP contribution in [0.4, 0.5) is 9.59 Å². The summed E-state index contributed by atoms with van der Waals surface area (Å²) in [6, 6.07) is 10.5. The van der Waals surface area contributed by atoms with Crippen molar-refractivity contribution in [2.75, 3.05) is 54.1 Å². The number of nitrogens with one attached hydrogen (secondary N) is 6. The molecule has 2 aromatic carbocycles. The summed E-state index contributed by atoms with van der Waals surface area (Å²) >= 11 is 0. The number of fused-ring (bicyclic) bond motifs is 4. The lowest BCUT2D eigenvalue weighted by atomic mass is 9.89. The summed E-state index contributed by atoms with van der Waals surface area (Å²) in [6.45, 7) is 9.60. The molecule has 16 nitrogen and oxygen atoms in total. The molecule has 1 saturated heterocycles. The maximum Gasteiger partial charge on any atom is 0.407 e.